The van der Waals surface area contributed by atoms with E-state index in [0.717, 1.165) is 62.8 Å². The molecule has 1 aromatic carbocycles. The van der Waals surface area contributed by atoms with Crippen LogP contribution in [-0.4, -0.2) is 61.8 Å². The number of amides is 1. The van der Waals surface area contributed by atoms with Crippen molar-refractivity contribution >= 4 is 5.91 Å². The first kappa shape index (κ1) is 18.4. The normalized spacial score (nSPS) is 20.2. The first-order valence-electron chi connectivity index (χ1n) is 10.3. The van der Waals surface area contributed by atoms with Crippen molar-refractivity contribution in [2.75, 3.05) is 46.1 Å². The largest absolute Gasteiger partial charge is 0.493 e. The first-order chi connectivity index (χ1) is 13.3. The van der Waals surface area contributed by atoms with Crippen molar-refractivity contribution in [3.05, 3.63) is 18.2 Å². The fourth-order valence-electron chi connectivity index (χ4n) is 4.26. The van der Waals surface area contributed by atoms with E-state index in [4.69, 9.17) is 14.2 Å². The summed E-state index contributed by atoms with van der Waals surface area (Å²) in [5.74, 6) is 3.37. The minimum absolute atomic E-state index is 0.286. The highest BCUT2D eigenvalue weighted by Crippen LogP contribution is 2.35. The van der Waals surface area contributed by atoms with Crippen LogP contribution in [0.1, 0.15) is 38.5 Å². The van der Waals surface area contributed by atoms with Gasteiger partial charge in [-0.2, -0.15) is 0 Å². The van der Waals surface area contributed by atoms with E-state index >= 15 is 0 Å². The molecule has 2 heterocycles. The number of rotatable bonds is 7. The zero-order chi connectivity index (χ0) is 18.5. The van der Waals surface area contributed by atoms with Gasteiger partial charge in [-0.25, -0.2) is 0 Å². The number of nitrogens with zero attached hydrogens (tertiary/aromatic N) is 2. The van der Waals surface area contributed by atoms with Gasteiger partial charge in [0.25, 0.3) is 0 Å². The summed E-state index contributed by atoms with van der Waals surface area (Å²) in [7, 11) is 0. The van der Waals surface area contributed by atoms with Crippen LogP contribution in [-0.2, 0) is 4.79 Å². The van der Waals surface area contributed by atoms with Gasteiger partial charge < -0.3 is 19.1 Å². The maximum absolute atomic E-state index is 12.4. The SMILES string of the molecule is O=C(CC1CCCC1)N1CCN(CCCOc2ccc3c(c2)OCO3)CC1. The molecule has 0 bridgehead atoms. The van der Waals surface area contributed by atoms with Crippen molar-refractivity contribution in [2.24, 2.45) is 5.92 Å². The summed E-state index contributed by atoms with van der Waals surface area (Å²) < 4.78 is 16.5. The van der Waals surface area contributed by atoms with E-state index in [0.29, 0.717) is 18.4 Å². The lowest BCUT2D eigenvalue weighted by Crippen LogP contribution is -2.49. The lowest BCUT2D eigenvalue weighted by atomic mass is 10.0. The third-order valence-electron chi connectivity index (χ3n) is 5.89. The minimum Gasteiger partial charge on any atom is -0.493 e. The van der Waals surface area contributed by atoms with Gasteiger partial charge in [0, 0.05) is 45.2 Å². The van der Waals surface area contributed by atoms with Gasteiger partial charge in [0.15, 0.2) is 11.5 Å². The second-order valence-electron chi connectivity index (χ2n) is 7.79. The average molecular weight is 374 g/mol. The smallest absolute Gasteiger partial charge is 0.231 e. The lowest BCUT2D eigenvalue weighted by Gasteiger charge is -2.35. The fraction of sp³-hybridized carbons (Fsp3) is 0.667. The molecule has 0 radical (unpaired) electrons. The molecule has 2 fully saturated rings. The standard InChI is InChI=1S/C21H30N2O4/c24-21(14-17-4-1-2-5-17)23-11-9-22(10-12-23)8-3-13-25-18-6-7-19-20(15-18)27-16-26-19/h6-7,15,17H,1-5,8-14,16H2. The molecule has 0 unspecified atom stereocenters. The number of piperazine rings is 1. The van der Waals surface area contributed by atoms with Gasteiger partial charge in [-0.05, 0) is 37.3 Å². The van der Waals surface area contributed by atoms with Crippen LogP contribution in [0.15, 0.2) is 18.2 Å². The summed E-state index contributed by atoms with van der Waals surface area (Å²) in [6.45, 7) is 5.66. The van der Waals surface area contributed by atoms with Crippen molar-refractivity contribution in [3.8, 4) is 17.2 Å². The van der Waals surface area contributed by atoms with Gasteiger partial charge in [-0.3, -0.25) is 9.69 Å². The molecule has 0 spiro atoms. The Bertz CT molecular complexity index is 637. The lowest BCUT2D eigenvalue weighted by molar-refractivity contribution is -0.133. The van der Waals surface area contributed by atoms with E-state index in [1.165, 1.54) is 25.7 Å². The van der Waals surface area contributed by atoms with E-state index in [2.05, 4.69) is 9.80 Å². The van der Waals surface area contributed by atoms with Crippen molar-refractivity contribution in [2.45, 2.75) is 38.5 Å². The monoisotopic (exact) mass is 374 g/mol. The second-order valence-corrected chi connectivity index (χ2v) is 7.79. The Morgan fingerprint density at radius 3 is 2.67 bits per heavy atom. The van der Waals surface area contributed by atoms with Crippen LogP contribution in [0.4, 0.5) is 0 Å². The van der Waals surface area contributed by atoms with Gasteiger partial charge >= 0.3 is 0 Å². The summed E-state index contributed by atoms with van der Waals surface area (Å²) >= 11 is 0. The highest BCUT2D eigenvalue weighted by atomic mass is 16.7. The highest BCUT2D eigenvalue weighted by Gasteiger charge is 2.25. The second kappa shape index (κ2) is 8.83. The van der Waals surface area contributed by atoms with Crippen LogP contribution in [0.25, 0.3) is 0 Å². The van der Waals surface area contributed by atoms with E-state index < -0.39 is 0 Å². The third-order valence-corrected chi connectivity index (χ3v) is 5.89. The molecule has 148 valence electrons. The predicted molar refractivity (Wildman–Crippen MR) is 102 cm³/mol. The number of hydrogen-bond donors (Lipinski definition) is 0. The molecule has 1 aromatic rings. The Morgan fingerprint density at radius 1 is 1.07 bits per heavy atom. The first-order valence-corrected chi connectivity index (χ1v) is 10.3. The van der Waals surface area contributed by atoms with Gasteiger partial charge in [0.1, 0.15) is 5.75 Å². The van der Waals surface area contributed by atoms with E-state index in [1.807, 2.05) is 18.2 Å². The van der Waals surface area contributed by atoms with Crippen molar-refractivity contribution in [1.82, 2.24) is 9.80 Å². The highest BCUT2D eigenvalue weighted by molar-refractivity contribution is 5.76. The number of carbonyl (C=O) groups excluding carboxylic acids is 1. The average Bonchev–Trinajstić information content (AvgIpc) is 3.37. The van der Waals surface area contributed by atoms with Crippen LogP contribution < -0.4 is 14.2 Å². The van der Waals surface area contributed by atoms with Crippen molar-refractivity contribution in [1.29, 1.82) is 0 Å². The summed E-state index contributed by atoms with van der Waals surface area (Å²) in [5, 5.41) is 0. The molecule has 1 saturated heterocycles. The van der Waals surface area contributed by atoms with Crippen molar-refractivity contribution < 1.29 is 19.0 Å². The number of hydrogen-bond acceptors (Lipinski definition) is 5. The molecular weight excluding hydrogens is 344 g/mol. The number of ether oxygens (including phenoxy) is 3. The maximum Gasteiger partial charge on any atom is 0.231 e. The topological polar surface area (TPSA) is 51.2 Å². The molecule has 0 aromatic heterocycles. The Morgan fingerprint density at radius 2 is 1.85 bits per heavy atom. The Labute approximate surface area is 161 Å². The van der Waals surface area contributed by atoms with E-state index in [-0.39, 0.29) is 6.79 Å². The number of fused-ring (bicyclic) bond motifs is 1. The fourth-order valence-corrected chi connectivity index (χ4v) is 4.26. The van der Waals surface area contributed by atoms with Crippen molar-refractivity contribution in [3.63, 3.8) is 0 Å². The summed E-state index contributed by atoms with van der Waals surface area (Å²) in [6.07, 6.45) is 6.85. The van der Waals surface area contributed by atoms with Crippen LogP contribution in [0.2, 0.25) is 0 Å². The molecule has 27 heavy (non-hydrogen) atoms. The van der Waals surface area contributed by atoms with Crippen LogP contribution in [0, 0.1) is 5.92 Å². The summed E-state index contributed by atoms with van der Waals surface area (Å²) in [6, 6.07) is 5.69. The molecule has 4 rings (SSSR count). The molecular formula is C21H30N2O4. The predicted octanol–water partition coefficient (Wildman–Crippen LogP) is 2.91. The van der Waals surface area contributed by atoms with Gasteiger partial charge in [-0.15, -0.1) is 0 Å². The van der Waals surface area contributed by atoms with Gasteiger partial charge in [0.05, 0.1) is 6.61 Å². The molecule has 1 aliphatic carbocycles. The molecule has 0 N–H and O–H groups in total. The summed E-state index contributed by atoms with van der Waals surface area (Å²) in [5.41, 5.74) is 0. The van der Waals surface area contributed by atoms with E-state index in [9.17, 15) is 4.79 Å². The zero-order valence-corrected chi connectivity index (χ0v) is 16.0. The molecule has 6 nitrogen and oxygen atoms in total. The number of benzene rings is 1. The molecule has 0 atom stereocenters. The molecule has 2 aliphatic heterocycles. The van der Waals surface area contributed by atoms with Crippen LogP contribution >= 0.6 is 0 Å². The minimum atomic E-state index is 0.286. The zero-order valence-electron chi connectivity index (χ0n) is 16.0. The number of carbonyl (C=O) groups is 1. The molecule has 1 amide bonds. The summed E-state index contributed by atoms with van der Waals surface area (Å²) in [4.78, 5) is 16.9. The molecule has 3 aliphatic rings. The Kier molecular flexibility index (Phi) is 6.02. The maximum atomic E-state index is 12.4. The van der Waals surface area contributed by atoms with Gasteiger partial charge in [-0.1, -0.05) is 12.8 Å². The van der Waals surface area contributed by atoms with Crippen LogP contribution in [0.3, 0.4) is 0 Å². The Balaban J connectivity index is 1.11. The molecule has 6 heteroatoms. The van der Waals surface area contributed by atoms with Gasteiger partial charge in [0.2, 0.25) is 12.7 Å². The molecule has 1 saturated carbocycles. The Hall–Kier alpha value is -1.95. The van der Waals surface area contributed by atoms with Crippen LogP contribution in [0.5, 0.6) is 17.2 Å². The quantitative estimate of drug-likeness (QED) is 0.687. The van der Waals surface area contributed by atoms with E-state index in [1.54, 1.807) is 0 Å². The third kappa shape index (κ3) is 4.86.